The first kappa shape index (κ1) is 22.0. The maximum atomic E-state index is 12.7. The zero-order valence-electron chi connectivity index (χ0n) is 16.4. The van der Waals surface area contributed by atoms with Crippen LogP contribution in [-0.2, 0) is 6.54 Å². The van der Waals surface area contributed by atoms with E-state index in [2.05, 4.69) is 5.10 Å². The van der Waals surface area contributed by atoms with Gasteiger partial charge in [-0.2, -0.15) is 22.8 Å². The van der Waals surface area contributed by atoms with Gasteiger partial charge in [0.15, 0.2) is 0 Å². The van der Waals surface area contributed by atoms with Gasteiger partial charge in [0, 0.05) is 23.7 Å². The zero-order valence-corrected chi connectivity index (χ0v) is 17.9. The molecule has 4 nitrogen and oxygen atoms in total. The van der Waals surface area contributed by atoms with Crippen LogP contribution in [-0.4, -0.2) is 33.8 Å². The molecule has 3 rings (SSSR count). The molecule has 1 aromatic carbocycles. The monoisotopic (exact) mass is 447 g/mol. The van der Waals surface area contributed by atoms with Gasteiger partial charge in [0.25, 0.3) is 0 Å². The largest absolute Gasteiger partial charge is 0.441 e. The molecule has 0 aliphatic rings. The van der Waals surface area contributed by atoms with Crippen molar-refractivity contribution in [2.75, 3.05) is 13.1 Å². The van der Waals surface area contributed by atoms with Crippen molar-refractivity contribution in [2.45, 2.75) is 46.3 Å². The minimum Gasteiger partial charge on any atom is -0.441 e. The van der Waals surface area contributed by atoms with Gasteiger partial charge in [-0.05, 0) is 45.0 Å². The number of hydrogen-bond donors (Lipinski definition) is 0. The zero-order chi connectivity index (χ0) is 21.3. The Morgan fingerprint density at radius 1 is 1.17 bits per heavy atom. The summed E-state index contributed by atoms with van der Waals surface area (Å²) in [5.41, 5.74) is 3.44. The molecule has 2 heterocycles. The highest BCUT2D eigenvalue weighted by Gasteiger charge is 2.29. The van der Waals surface area contributed by atoms with E-state index in [1.807, 2.05) is 20.8 Å². The summed E-state index contributed by atoms with van der Waals surface area (Å²) in [5, 5.41) is 5.57. The molecule has 2 aromatic heterocycles. The summed E-state index contributed by atoms with van der Waals surface area (Å²) in [5.74, 6) is 0.621. The molecule has 0 amide bonds. The number of benzene rings is 1. The lowest BCUT2D eigenvalue weighted by molar-refractivity contribution is -0.138. The minimum atomic E-state index is -4.19. The number of alkyl halides is 3. The first-order valence-electron chi connectivity index (χ1n) is 9.32. The number of rotatable bonds is 7. The Kier molecular flexibility index (Phi) is 6.51. The Hall–Kier alpha value is -1.70. The van der Waals surface area contributed by atoms with E-state index in [9.17, 15) is 13.2 Å². The number of aromatic nitrogens is 2. The molecule has 3 aromatic rings. The lowest BCUT2D eigenvalue weighted by Gasteiger charge is -2.21. The SMILES string of the molecule is CCCN(CCC(F)(F)F)Cc1c(C)nn2c(-c3ccc(Cl)cc3Cl)c(C)oc12. The Labute approximate surface area is 177 Å². The van der Waals surface area contributed by atoms with Crippen LogP contribution >= 0.6 is 23.2 Å². The standard InChI is InChI=1S/C20H22Cl2F3N3O/c1-4-8-27(9-7-20(23,24)25)11-16-12(2)26-28-18(13(3)29-19(16)28)15-6-5-14(21)10-17(15)22/h5-6,10H,4,7-9,11H2,1-3H3. The van der Waals surface area contributed by atoms with Crippen molar-refractivity contribution in [2.24, 2.45) is 0 Å². The van der Waals surface area contributed by atoms with E-state index in [0.717, 1.165) is 17.5 Å². The van der Waals surface area contributed by atoms with Gasteiger partial charge >= 0.3 is 6.18 Å². The highest BCUT2D eigenvalue weighted by molar-refractivity contribution is 6.36. The molecule has 0 aliphatic heterocycles. The molecule has 0 spiro atoms. The maximum absolute atomic E-state index is 12.7. The van der Waals surface area contributed by atoms with Gasteiger partial charge in [-0.3, -0.25) is 4.90 Å². The van der Waals surface area contributed by atoms with Crippen LogP contribution in [0.4, 0.5) is 13.2 Å². The van der Waals surface area contributed by atoms with Crippen LogP contribution in [0.5, 0.6) is 0 Å². The number of fused-ring (bicyclic) bond motifs is 1. The molecule has 0 saturated heterocycles. The lowest BCUT2D eigenvalue weighted by atomic mass is 10.1. The topological polar surface area (TPSA) is 33.7 Å². The van der Waals surface area contributed by atoms with Gasteiger partial charge in [-0.1, -0.05) is 30.1 Å². The van der Waals surface area contributed by atoms with Crippen LogP contribution in [0.1, 0.15) is 36.8 Å². The average Bonchev–Trinajstić information content (AvgIpc) is 3.07. The van der Waals surface area contributed by atoms with Crippen molar-refractivity contribution in [1.29, 1.82) is 0 Å². The summed E-state index contributed by atoms with van der Waals surface area (Å²) < 4.78 is 45.7. The summed E-state index contributed by atoms with van der Waals surface area (Å²) >= 11 is 12.4. The molecule has 9 heteroatoms. The number of oxazole rings is 1. The Bertz CT molecular complexity index is 1010. The van der Waals surface area contributed by atoms with Gasteiger partial charge in [0.05, 0.1) is 22.7 Å². The fourth-order valence-electron chi connectivity index (χ4n) is 3.40. The van der Waals surface area contributed by atoms with Crippen molar-refractivity contribution in [1.82, 2.24) is 14.5 Å². The Morgan fingerprint density at radius 2 is 1.90 bits per heavy atom. The highest BCUT2D eigenvalue weighted by Crippen LogP contribution is 2.35. The molecule has 0 radical (unpaired) electrons. The summed E-state index contributed by atoms with van der Waals surface area (Å²) in [6.45, 7) is 6.40. The summed E-state index contributed by atoms with van der Waals surface area (Å²) in [6.07, 6.45) is -4.28. The van der Waals surface area contributed by atoms with Crippen LogP contribution in [0.25, 0.3) is 17.0 Å². The van der Waals surface area contributed by atoms with Crippen molar-refractivity contribution in [3.05, 3.63) is 45.3 Å². The molecule has 0 aliphatic carbocycles. The van der Waals surface area contributed by atoms with E-state index in [4.69, 9.17) is 27.6 Å². The van der Waals surface area contributed by atoms with E-state index < -0.39 is 12.6 Å². The molecule has 0 unspecified atom stereocenters. The van der Waals surface area contributed by atoms with E-state index in [-0.39, 0.29) is 6.54 Å². The van der Waals surface area contributed by atoms with Gasteiger partial charge in [0.2, 0.25) is 5.71 Å². The predicted molar refractivity (Wildman–Crippen MR) is 109 cm³/mol. The second-order valence-electron chi connectivity index (χ2n) is 7.05. The summed E-state index contributed by atoms with van der Waals surface area (Å²) in [7, 11) is 0. The first-order chi connectivity index (χ1) is 13.6. The molecular formula is C20H22Cl2F3N3O. The molecule has 0 N–H and O–H groups in total. The van der Waals surface area contributed by atoms with E-state index in [1.165, 1.54) is 0 Å². The summed E-state index contributed by atoms with van der Waals surface area (Å²) in [6, 6.07) is 5.18. The number of hydrogen-bond acceptors (Lipinski definition) is 3. The molecule has 0 saturated carbocycles. The van der Waals surface area contributed by atoms with Crippen molar-refractivity contribution >= 4 is 28.9 Å². The molecular weight excluding hydrogens is 426 g/mol. The average molecular weight is 448 g/mol. The third-order valence-electron chi connectivity index (χ3n) is 4.75. The Morgan fingerprint density at radius 3 is 2.52 bits per heavy atom. The van der Waals surface area contributed by atoms with Gasteiger partial charge in [0.1, 0.15) is 11.5 Å². The van der Waals surface area contributed by atoms with Gasteiger partial charge in [-0.25, -0.2) is 0 Å². The molecule has 29 heavy (non-hydrogen) atoms. The van der Waals surface area contributed by atoms with Crippen molar-refractivity contribution in [3.63, 3.8) is 0 Å². The fraction of sp³-hybridized carbons (Fsp3) is 0.450. The number of halogens is 5. The second kappa shape index (κ2) is 8.58. The fourth-order valence-corrected chi connectivity index (χ4v) is 3.90. The molecule has 0 bridgehead atoms. The lowest BCUT2D eigenvalue weighted by Crippen LogP contribution is -2.28. The summed E-state index contributed by atoms with van der Waals surface area (Å²) in [4.78, 5) is 1.78. The third-order valence-corrected chi connectivity index (χ3v) is 5.30. The maximum Gasteiger partial charge on any atom is 0.390 e. The van der Waals surface area contributed by atoms with Gasteiger partial charge < -0.3 is 4.42 Å². The van der Waals surface area contributed by atoms with E-state index in [0.29, 0.717) is 46.0 Å². The second-order valence-corrected chi connectivity index (χ2v) is 7.90. The van der Waals surface area contributed by atoms with Crippen LogP contribution in [0.3, 0.4) is 0 Å². The van der Waals surface area contributed by atoms with E-state index >= 15 is 0 Å². The van der Waals surface area contributed by atoms with Crippen LogP contribution in [0.2, 0.25) is 10.0 Å². The Balaban J connectivity index is 1.98. The molecule has 158 valence electrons. The van der Waals surface area contributed by atoms with Crippen LogP contribution in [0.15, 0.2) is 22.6 Å². The van der Waals surface area contributed by atoms with Crippen LogP contribution in [0, 0.1) is 13.8 Å². The normalized spacial score (nSPS) is 12.4. The third kappa shape index (κ3) is 4.90. The predicted octanol–water partition coefficient (Wildman–Crippen LogP) is 6.68. The highest BCUT2D eigenvalue weighted by atomic mass is 35.5. The minimum absolute atomic E-state index is 0.0658. The van der Waals surface area contributed by atoms with Gasteiger partial charge in [-0.15, -0.1) is 0 Å². The van der Waals surface area contributed by atoms with Crippen molar-refractivity contribution in [3.8, 4) is 11.3 Å². The molecule has 0 fully saturated rings. The molecule has 0 atom stereocenters. The number of aryl methyl sites for hydroxylation is 2. The van der Waals surface area contributed by atoms with E-state index in [1.54, 1.807) is 27.6 Å². The van der Waals surface area contributed by atoms with Crippen molar-refractivity contribution < 1.29 is 17.6 Å². The first-order valence-corrected chi connectivity index (χ1v) is 10.1. The number of nitrogens with zero attached hydrogens (tertiary/aromatic N) is 3. The smallest absolute Gasteiger partial charge is 0.390 e. The van der Waals surface area contributed by atoms with Crippen LogP contribution < -0.4 is 0 Å². The quantitative estimate of drug-likeness (QED) is 0.404.